The Morgan fingerprint density at radius 3 is 2.18 bits per heavy atom. The molecule has 1 fully saturated rings. The highest BCUT2D eigenvalue weighted by Crippen LogP contribution is 2.28. The minimum absolute atomic E-state index is 0.181. The van der Waals surface area contributed by atoms with Crippen molar-refractivity contribution < 1.29 is 13.2 Å². The van der Waals surface area contributed by atoms with Crippen LogP contribution in [0.1, 0.15) is 24.4 Å². The maximum Gasteiger partial charge on any atom is 0.194 e. The van der Waals surface area contributed by atoms with Crippen LogP contribution in [-0.4, -0.2) is 13.1 Å². The average molecular weight is 244 g/mol. The first-order chi connectivity index (χ1) is 8.09. The van der Waals surface area contributed by atoms with Crippen molar-refractivity contribution >= 4 is 0 Å². The zero-order valence-electron chi connectivity index (χ0n) is 9.35. The van der Waals surface area contributed by atoms with Gasteiger partial charge in [-0.15, -0.1) is 0 Å². The van der Waals surface area contributed by atoms with Gasteiger partial charge in [-0.3, -0.25) is 0 Å². The second kappa shape index (κ2) is 5.06. The molecule has 2 nitrogen and oxygen atoms in total. The predicted octanol–water partition coefficient (Wildman–Crippen LogP) is 2.10. The number of hydrogen-bond donors (Lipinski definition) is 2. The van der Waals surface area contributed by atoms with Gasteiger partial charge >= 0.3 is 0 Å². The molecular formula is C12H15F3N2. The zero-order valence-corrected chi connectivity index (χ0v) is 9.35. The normalized spacial score (nSPS) is 19.3. The molecule has 0 unspecified atom stereocenters. The van der Waals surface area contributed by atoms with Gasteiger partial charge in [0.1, 0.15) is 0 Å². The van der Waals surface area contributed by atoms with E-state index in [9.17, 15) is 13.2 Å². The molecule has 0 amide bonds. The molecule has 0 bridgehead atoms. The van der Waals surface area contributed by atoms with Gasteiger partial charge in [0.05, 0.1) is 0 Å². The third-order valence-corrected chi connectivity index (χ3v) is 3.28. The maximum atomic E-state index is 13.1. The Balaban J connectivity index is 2.21. The van der Waals surface area contributed by atoms with Gasteiger partial charge in [0.2, 0.25) is 0 Å². The van der Waals surface area contributed by atoms with Crippen molar-refractivity contribution in [3.8, 4) is 0 Å². The molecule has 0 aliphatic carbocycles. The van der Waals surface area contributed by atoms with Crippen LogP contribution in [0.2, 0.25) is 0 Å². The van der Waals surface area contributed by atoms with Gasteiger partial charge in [-0.05, 0) is 49.5 Å². The summed E-state index contributed by atoms with van der Waals surface area (Å²) >= 11 is 0. The molecule has 17 heavy (non-hydrogen) atoms. The molecule has 1 saturated heterocycles. The first kappa shape index (κ1) is 12.4. The second-order valence-corrected chi connectivity index (χ2v) is 4.41. The Labute approximate surface area is 98.0 Å². The summed E-state index contributed by atoms with van der Waals surface area (Å²) in [6, 6.07) is 1.54. The Morgan fingerprint density at radius 2 is 1.65 bits per heavy atom. The van der Waals surface area contributed by atoms with E-state index in [1.54, 1.807) is 0 Å². The fourth-order valence-electron chi connectivity index (χ4n) is 2.24. The highest BCUT2D eigenvalue weighted by molar-refractivity contribution is 5.23. The van der Waals surface area contributed by atoms with E-state index in [4.69, 9.17) is 5.73 Å². The smallest absolute Gasteiger partial charge is 0.194 e. The van der Waals surface area contributed by atoms with E-state index in [2.05, 4.69) is 5.32 Å². The van der Waals surface area contributed by atoms with Crippen molar-refractivity contribution in [1.29, 1.82) is 0 Å². The van der Waals surface area contributed by atoms with Crippen molar-refractivity contribution in [2.24, 2.45) is 11.7 Å². The third-order valence-electron chi connectivity index (χ3n) is 3.28. The minimum atomic E-state index is -1.44. The van der Waals surface area contributed by atoms with Gasteiger partial charge in [-0.25, -0.2) is 13.2 Å². The molecule has 5 heteroatoms. The molecular weight excluding hydrogens is 229 g/mol. The summed E-state index contributed by atoms with van der Waals surface area (Å²) in [4.78, 5) is 0. The van der Waals surface area contributed by atoms with E-state index < -0.39 is 23.5 Å². The van der Waals surface area contributed by atoms with Crippen LogP contribution in [0.5, 0.6) is 0 Å². The van der Waals surface area contributed by atoms with Crippen LogP contribution >= 0.6 is 0 Å². The number of nitrogens with two attached hydrogens (primary N) is 1. The number of nitrogens with one attached hydrogen (secondary N) is 1. The predicted molar refractivity (Wildman–Crippen MR) is 58.8 cm³/mol. The Morgan fingerprint density at radius 1 is 1.12 bits per heavy atom. The van der Waals surface area contributed by atoms with Crippen molar-refractivity contribution in [3.63, 3.8) is 0 Å². The molecule has 2 rings (SSSR count). The van der Waals surface area contributed by atoms with Crippen LogP contribution < -0.4 is 11.1 Å². The van der Waals surface area contributed by atoms with Crippen molar-refractivity contribution in [3.05, 3.63) is 35.1 Å². The molecule has 0 aromatic heterocycles. The lowest BCUT2D eigenvalue weighted by Crippen LogP contribution is -2.33. The first-order valence-electron chi connectivity index (χ1n) is 5.70. The van der Waals surface area contributed by atoms with Gasteiger partial charge in [0.15, 0.2) is 17.5 Å². The summed E-state index contributed by atoms with van der Waals surface area (Å²) in [5.74, 6) is -3.61. The van der Waals surface area contributed by atoms with Crippen LogP contribution in [0.3, 0.4) is 0 Å². The van der Waals surface area contributed by atoms with Crippen molar-refractivity contribution in [1.82, 2.24) is 5.32 Å². The van der Waals surface area contributed by atoms with E-state index in [1.165, 1.54) is 0 Å². The topological polar surface area (TPSA) is 38.0 Å². The highest BCUT2D eigenvalue weighted by atomic mass is 19.2. The summed E-state index contributed by atoms with van der Waals surface area (Å²) in [6.45, 7) is 1.70. The molecule has 3 N–H and O–H groups in total. The van der Waals surface area contributed by atoms with Crippen LogP contribution in [0, 0.1) is 23.4 Å². The maximum absolute atomic E-state index is 13.1. The molecule has 1 heterocycles. The standard InChI is InChI=1S/C12H15F3N2/c13-9-5-8(6-10(14)11(9)15)12(16)7-1-3-17-4-2-7/h5-7,12,17H,1-4,16H2/t12-/m1/s1. The van der Waals surface area contributed by atoms with Gasteiger partial charge < -0.3 is 11.1 Å². The summed E-state index contributed by atoms with van der Waals surface area (Å²) in [5, 5.41) is 3.19. The number of rotatable bonds is 2. The van der Waals surface area contributed by atoms with E-state index in [0.29, 0.717) is 5.56 Å². The average Bonchev–Trinajstić information content (AvgIpc) is 2.35. The van der Waals surface area contributed by atoms with Crippen molar-refractivity contribution in [2.75, 3.05) is 13.1 Å². The van der Waals surface area contributed by atoms with Gasteiger partial charge in [0.25, 0.3) is 0 Å². The lowest BCUT2D eigenvalue weighted by atomic mass is 9.86. The number of halogens is 3. The van der Waals surface area contributed by atoms with Gasteiger partial charge in [0, 0.05) is 6.04 Å². The van der Waals surface area contributed by atoms with Crippen LogP contribution in [0.15, 0.2) is 12.1 Å². The summed E-state index contributed by atoms with van der Waals surface area (Å²) < 4.78 is 39.0. The molecule has 0 spiro atoms. The molecule has 1 aromatic carbocycles. The number of benzene rings is 1. The van der Waals surface area contributed by atoms with Crippen LogP contribution in [-0.2, 0) is 0 Å². The fraction of sp³-hybridized carbons (Fsp3) is 0.500. The lowest BCUT2D eigenvalue weighted by Gasteiger charge is -2.28. The fourth-order valence-corrected chi connectivity index (χ4v) is 2.24. The SMILES string of the molecule is N[C@@H](c1cc(F)c(F)c(F)c1)C1CCNCC1. The summed E-state index contributed by atoms with van der Waals surface area (Å²) in [7, 11) is 0. The second-order valence-electron chi connectivity index (χ2n) is 4.41. The molecule has 1 aliphatic rings. The van der Waals surface area contributed by atoms with E-state index in [1.807, 2.05) is 0 Å². The minimum Gasteiger partial charge on any atom is -0.324 e. The van der Waals surface area contributed by atoms with Gasteiger partial charge in [-0.1, -0.05) is 0 Å². The molecule has 1 aromatic rings. The Kier molecular flexibility index (Phi) is 3.69. The van der Waals surface area contributed by atoms with Crippen LogP contribution in [0.25, 0.3) is 0 Å². The molecule has 1 atom stereocenters. The Hall–Kier alpha value is -1.07. The number of hydrogen-bond acceptors (Lipinski definition) is 2. The lowest BCUT2D eigenvalue weighted by molar-refractivity contribution is 0.320. The summed E-state index contributed by atoms with van der Waals surface area (Å²) in [5.41, 5.74) is 6.30. The molecule has 0 radical (unpaired) electrons. The highest BCUT2D eigenvalue weighted by Gasteiger charge is 2.23. The van der Waals surface area contributed by atoms with E-state index in [0.717, 1.165) is 38.1 Å². The van der Waals surface area contributed by atoms with E-state index >= 15 is 0 Å². The van der Waals surface area contributed by atoms with Gasteiger partial charge in [-0.2, -0.15) is 0 Å². The molecule has 1 aliphatic heterocycles. The van der Waals surface area contributed by atoms with Crippen molar-refractivity contribution in [2.45, 2.75) is 18.9 Å². The largest absolute Gasteiger partial charge is 0.324 e. The van der Waals surface area contributed by atoms with E-state index in [-0.39, 0.29) is 5.92 Å². The quantitative estimate of drug-likeness (QED) is 0.782. The summed E-state index contributed by atoms with van der Waals surface area (Å²) in [6.07, 6.45) is 1.73. The Bertz CT molecular complexity index is 380. The zero-order chi connectivity index (χ0) is 12.4. The third kappa shape index (κ3) is 2.61. The number of piperidine rings is 1. The first-order valence-corrected chi connectivity index (χ1v) is 5.70. The molecule has 94 valence electrons. The monoisotopic (exact) mass is 244 g/mol. The molecule has 0 saturated carbocycles. The van der Waals surface area contributed by atoms with Crippen LogP contribution in [0.4, 0.5) is 13.2 Å².